The number of aromatic nitrogens is 4. The molecule has 0 bridgehead atoms. The van der Waals surface area contributed by atoms with E-state index in [-0.39, 0.29) is 5.91 Å². The molecule has 0 fully saturated rings. The minimum absolute atomic E-state index is 0.1000. The summed E-state index contributed by atoms with van der Waals surface area (Å²) in [4.78, 5) is 11.7. The van der Waals surface area contributed by atoms with Crippen LogP contribution in [0, 0.1) is 6.92 Å². The third kappa shape index (κ3) is 4.51. The monoisotopic (exact) mass is 315 g/mol. The molecule has 1 amide bonds. The fraction of sp³-hybridized carbons (Fsp3) is 0.500. The van der Waals surface area contributed by atoms with Gasteiger partial charge in [-0.05, 0) is 13.3 Å². The van der Waals surface area contributed by atoms with Crippen LogP contribution in [-0.4, -0.2) is 32.1 Å². The number of thioether (sulfide) groups is 1. The molecule has 0 spiro atoms. The molecule has 0 saturated carbocycles. The number of hydrogen-bond donors (Lipinski definition) is 1. The molecule has 2 rings (SSSR count). The number of rotatable bonds is 6. The first-order chi connectivity index (χ1) is 9.17. The van der Waals surface area contributed by atoms with Gasteiger partial charge in [-0.1, -0.05) is 41.4 Å². The van der Waals surface area contributed by atoms with Crippen molar-refractivity contribution < 1.29 is 4.79 Å². The van der Waals surface area contributed by atoms with Gasteiger partial charge in [0.15, 0.2) is 4.34 Å². The molecular weight excluding hydrogens is 302 g/mol. The number of aryl methyl sites for hydroxylation is 2. The van der Waals surface area contributed by atoms with E-state index in [0.717, 1.165) is 27.2 Å². The van der Waals surface area contributed by atoms with Gasteiger partial charge in [-0.3, -0.25) is 10.1 Å². The highest BCUT2D eigenvalue weighted by atomic mass is 32.2. The number of amides is 1. The summed E-state index contributed by atoms with van der Waals surface area (Å²) >= 11 is 4.28. The van der Waals surface area contributed by atoms with E-state index in [1.807, 2.05) is 6.92 Å². The van der Waals surface area contributed by atoms with E-state index in [1.54, 1.807) is 0 Å². The molecule has 2 aromatic heterocycles. The molecule has 0 aliphatic carbocycles. The Morgan fingerprint density at radius 2 is 2.11 bits per heavy atom. The lowest BCUT2D eigenvalue weighted by atomic mass is 10.4. The van der Waals surface area contributed by atoms with Gasteiger partial charge in [0.2, 0.25) is 11.0 Å². The lowest BCUT2D eigenvalue weighted by molar-refractivity contribution is -0.113. The second-order valence-corrected chi connectivity index (χ2v) is 7.14. The summed E-state index contributed by atoms with van der Waals surface area (Å²) in [6.45, 7) is 3.97. The van der Waals surface area contributed by atoms with E-state index in [1.165, 1.54) is 34.4 Å². The summed E-state index contributed by atoms with van der Waals surface area (Å²) in [6, 6.07) is 0. The number of carbonyl (C=O) groups excluding carboxylic acids is 1. The predicted molar refractivity (Wildman–Crippen MR) is 77.9 cm³/mol. The van der Waals surface area contributed by atoms with Crippen molar-refractivity contribution in [1.29, 1.82) is 0 Å². The third-order valence-corrected chi connectivity index (χ3v) is 4.88. The fourth-order valence-electron chi connectivity index (χ4n) is 1.24. The van der Waals surface area contributed by atoms with Gasteiger partial charge in [-0.2, -0.15) is 0 Å². The van der Waals surface area contributed by atoms with Crippen molar-refractivity contribution in [3.63, 3.8) is 0 Å². The molecule has 2 heterocycles. The molecule has 1 N–H and O–H groups in total. The zero-order valence-electron chi connectivity index (χ0n) is 10.5. The van der Waals surface area contributed by atoms with E-state index in [9.17, 15) is 4.79 Å². The maximum absolute atomic E-state index is 11.7. The standard InChI is InChI=1S/C10H13N5OS3/c1-3-4-8-13-14-9(19-8)11-7(16)5-17-10-15-12-6(2)18-10/h3-5H2,1-2H3,(H,11,14,16). The quantitative estimate of drug-likeness (QED) is 0.824. The molecule has 6 nitrogen and oxygen atoms in total. The minimum Gasteiger partial charge on any atom is -0.300 e. The van der Waals surface area contributed by atoms with E-state index in [2.05, 4.69) is 32.6 Å². The summed E-state index contributed by atoms with van der Waals surface area (Å²) in [5.74, 6) is 0.203. The van der Waals surface area contributed by atoms with Crippen molar-refractivity contribution in [2.45, 2.75) is 31.0 Å². The zero-order chi connectivity index (χ0) is 13.7. The van der Waals surface area contributed by atoms with E-state index in [4.69, 9.17) is 0 Å². The molecule has 2 aromatic rings. The Hall–Kier alpha value is -1.06. The largest absolute Gasteiger partial charge is 0.300 e. The Bertz CT molecular complexity index is 553. The zero-order valence-corrected chi connectivity index (χ0v) is 13.0. The molecule has 0 saturated heterocycles. The van der Waals surface area contributed by atoms with Crippen molar-refractivity contribution in [2.24, 2.45) is 0 Å². The molecule has 0 atom stereocenters. The smallest absolute Gasteiger partial charge is 0.236 e. The highest BCUT2D eigenvalue weighted by Crippen LogP contribution is 2.22. The van der Waals surface area contributed by atoms with Crippen LogP contribution in [0.15, 0.2) is 4.34 Å². The van der Waals surface area contributed by atoms with E-state index < -0.39 is 0 Å². The molecule has 0 aliphatic heterocycles. The second-order valence-electron chi connectivity index (χ2n) is 3.67. The van der Waals surface area contributed by atoms with Gasteiger partial charge in [-0.15, -0.1) is 20.4 Å². The molecule has 0 radical (unpaired) electrons. The first kappa shape index (κ1) is 14.4. The predicted octanol–water partition coefficient (Wildman–Crippen LogP) is 2.38. The summed E-state index contributed by atoms with van der Waals surface area (Å²) in [5.41, 5.74) is 0. The molecular formula is C10H13N5OS3. The van der Waals surface area contributed by atoms with Gasteiger partial charge in [0.25, 0.3) is 0 Å². The highest BCUT2D eigenvalue weighted by Gasteiger charge is 2.10. The van der Waals surface area contributed by atoms with Crippen molar-refractivity contribution in [3.05, 3.63) is 10.0 Å². The van der Waals surface area contributed by atoms with Crippen LogP contribution in [0.1, 0.15) is 23.4 Å². The fourth-order valence-corrected chi connectivity index (χ4v) is 3.71. The Labute approximate surface area is 123 Å². The summed E-state index contributed by atoms with van der Waals surface area (Å²) < 4.78 is 0.802. The number of nitrogens with one attached hydrogen (secondary N) is 1. The third-order valence-electron chi connectivity index (χ3n) is 2.01. The maximum atomic E-state index is 11.7. The lowest BCUT2D eigenvalue weighted by Crippen LogP contribution is -2.13. The van der Waals surface area contributed by atoms with Crippen LogP contribution < -0.4 is 5.32 Å². The Balaban J connectivity index is 1.80. The van der Waals surface area contributed by atoms with Crippen LogP contribution >= 0.6 is 34.4 Å². The number of anilines is 1. The molecule has 0 unspecified atom stereocenters. The Kier molecular flexibility index (Phi) is 5.23. The van der Waals surface area contributed by atoms with Crippen molar-refractivity contribution in [1.82, 2.24) is 20.4 Å². The average Bonchev–Trinajstić information content (AvgIpc) is 2.97. The van der Waals surface area contributed by atoms with Crippen LogP contribution in [0.4, 0.5) is 5.13 Å². The van der Waals surface area contributed by atoms with Gasteiger partial charge in [0.05, 0.1) is 5.75 Å². The first-order valence-corrected chi connectivity index (χ1v) is 8.34. The molecule has 19 heavy (non-hydrogen) atoms. The van der Waals surface area contributed by atoms with Crippen molar-refractivity contribution >= 4 is 45.5 Å². The number of nitrogens with zero attached hydrogens (tertiary/aromatic N) is 4. The minimum atomic E-state index is -0.1000. The molecule has 102 valence electrons. The van der Waals surface area contributed by atoms with Crippen LogP contribution in [0.5, 0.6) is 0 Å². The van der Waals surface area contributed by atoms with Crippen molar-refractivity contribution in [3.8, 4) is 0 Å². The summed E-state index contributed by atoms with van der Waals surface area (Å²) in [5, 5.41) is 20.9. The van der Waals surface area contributed by atoms with Gasteiger partial charge in [0.1, 0.15) is 10.0 Å². The normalized spacial score (nSPS) is 10.6. The molecule has 9 heteroatoms. The van der Waals surface area contributed by atoms with Crippen LogP contribution in [0.25, 0.3) is 0 Å². The Morgan fingerprint density at radius 1 is 1.26 bits per heavy atom. The SMILES string of the molecule is CCCc1nnc(NC(=O)CSc2nnc(C)s2)s1. The highest BCUT2D eigenvalue weighted by molar-refractivity contribution is 8.01. The lowest BCUT2D eigenvalue weighted by Gasteiger charge is -1.98. The first-order valence-electron chi connectivity index (χ1n) is 5.72. The van der Waals surface area contributed by atoms with E-state index >= 15 is 0 Å². The maximum Gasteiger partial charge on any atom is 0.236 e. The van der Waals surface area contributed by atoms with Gasteiger partial charge >= 0.3 is 0 Å². The molecule has 0 aromatic carbocycles. The van der Waals surface area contributed by atoms with Crippen molar-refractivity contribution in [2.75, 3.05) is 11.1 Å². The van der Waals surface area contributed by atoms with Gasteiger partial charge < -0.3 is 0 Å². The van der Waals surface area contributed by atoms with Gasteiger partial charge in [-0.25, -0.2) is 0 Å². The topological polar surface area (TPSA) is 80.7 Å². The van der Waals surface area contributed by atoms with Crippen LogP contribution in [0.3, 0.4) is 0 Å². The Morgan fingerprint density at radius 3 is 2.79 bits per heavy atom. The second kappa shape index (κ2) is 6.92. The number of carbonyl (C=O) groups is 1. The average molecular weight is 315 g/mol. The molecule has 0 aliphatic rings. The summed E-state index contributed by atoms with van der Waals surface area (Å²) in [6.07, 6.45) is 1.92. The summed E-state index contributed by atoms with van der Waals surface area (Å²) in [7, 11) is 0. The number of hydrogen-bond acceptors (Lipinski definition) is 8. The van der Waals surface area contributed by atoms with Crippen LogP contribution in [-0.2, 0) is 11.2 Å². The van der Waals surface area contributed by atoms with Crippen LogP contribution in [0.2, 0.25) is 0 Å². The van der Waals surface area contributed by atoms with Gasteiger partial charge in [0, 0.05) is 6.42 Å². The van der Waals surface area contributed by atoms with E-state index in [0.29, 0.717) is 10.9 Å².